The van der Waals surface area contributed by atoms with E-state index in [1.165, 1.54) is 5.56 Å². The van der Waals surface area contributed by atoms with Crippen LogP contribution in [0.2, 0.25) is 5.02 Å². The van der Waals surface area contributed by atoms with E-state index >= 15 is 0 Å². The van der Waals surface area contributed by atoms with Gasteiger partial charge >= 0.3 is 0 Å². The first-order valence-electron chi connectivity index (χ1n) is 6.62. The average Bonchev–Trinajstić information content (AvgIpc) is 2.42. The van der Waals surface area contributed by atoms with Gasteiger partial charge in [0.25, 0.3) is 0 Å². The third-order valence-corrected chi connectivity index (χ3v) is 3.74. The van der Waals surface area contributed by atoms with Crippen LogP contribution in [0.4, 0.5) is 0 Å². The molecule has 0 aliphatic carbocycles. The minimum Gasteiger partial charge on any atom is -0.314 e. The highest BCUT2D eigenvalue weighted by Crippen LogP contribution is 2.27. The maximum atomic E-state index is 5.97. The van der Waals surface area contributed by atoms with Crippen LogP contribution >= 0.6 is 36.4 Å². The second-order valence-corrected chi connectivity index (χ2v) is 5.16. The molecular weight excluding hydrogens is 315 g/mol. The molecule has 0 saturated carbocycles. The van der Waals surface area contributed by atoms with Crippen molar-refractivity contribution in [1.82, 2.24) is 10.2 Å². The molecule has 1 aliphatic heterocycles. The number of hydrogen-bond donors (Lipinski definition) is 1. The van der Waals surface area contributed by atoms with Crippen LogP contribution in [0.3, 0.4) is 0 Å². The van der Waals surface area contributed by atoms with Crippen LogP contribution in [-0.2, 0) is 0 Å². The number of hydrogen-bond acceptors (Lipinski definition) is 2. The SMILES string of the molecule is C=CCC[C@H](c1ccc(Cl)cc1)N1CCNCC1.Cl.Cl. The smallest absolute Gasteiger partial charge is 0.0406 e. The number of allylic oxidation sites excluding steroid dienone is 1. The van der Waals surface area contributed by atoms with Gasteiger partial charge in [0, 0.05) is 37.2 Å². The van der Waals surface area contributed by atoms with Gasteiger partial charge in [0.15, 0.2) is 0 Å². The van der Waals surface area contributed by atoms with Gasteiger partial charge in [0.2, 0.25) is 0 Å². The van der Waals surface area contributed by atoms with Gasteiger partial charge in [-0.1, -0.05) is 29.8 Å². The lowest BCUT2D eigenvalue weighted by atomic mass is 9.99. The minimum atomic E-state index is 0. The molecule has 1 aromatic rings. The Morgan fingerprint density at radius 2 is 1.80 bits per heavy atom. The van der Waals surface area contributed by atoms with Gasteiger partial charge in [0.05, 0.1) is 0 Å². The standard InChI is InChI=1S/C15H21ClN2.2ClH/c1-2-3-4-15(18-11-9-17-10-12-18)13-5-7-14(16)8-6-13;;/h2,5-8,15,17H,1,3-4,9-12H2;2*1H/t15-;;/m1../s1. The summed E-state index contributed by atoms with van der Waals surface area (Å²) in [6.45, 7) is 8.23. The van der Waals surface area contributed by atoms with E-state index in [0.717, 1.165) is 44.0 Å². The van der Waals surface area contributed by atoms with Gasteiger partial charge in [-0.15, -0.1) is 31.4 Å². The van der Waals surface area contributed by atoms with E-state index in [4.69, 9.17) is 11.6 Å². The Kier molecular flexibility index (Phi) is 10.3. The van der Waals surface area contributed by atoms with Gasteiger partial charge < -0.3 is 5.32 Å². The summed E-state index contributed by atoms with van der Waals surface area (Å²) in [4.78, 5) is 2.56. The zero-order valence-corrected chi connectivity index (χ0v) is 13.9. The molecule has 0 radical (unpaired) electrons. The van der Waals surface area contributed by atoms with Crippen LogP contribution in [0.15, 0.2) is 36.9 Å². The molecule has 1 saturated heterocycles. The quantitative estimate of drug-likeness (QED) is 0.814. The van der Waals surface area contributed by atoms with Crippen LogP contribution in [0.1, 0.15) is 24.4 Å². The third-order valence-electron chi connectivity index (χ3n) is 3.49. The number of nitrogens with one attached hydrogen (secondary N) is 1. The van der Waals surface area contributed by atoms with Gasteiger partial charge in [-0.05, 0) is 30.5 Å². The highest BCUT2D eigenvalue weighted by molar-refractivity contribution is 6.30. The fourth-order valence-corrected chi connectivity index (χ4v) is 2.64. The normalized spacial score (nSPS) is 16.6. The van der Waals surface area contributed by atoms with Crippen LogP contribution in [0.25, 0.3) is 0 Å². The molecule has 20 heavy (non-hydrogen) atoms. The van der Waals surface area contributed by atoms with Crippen molar-refractivity contribution in [3.05, 3.63) is 47.5 Å². The van der Waals surface area contributed by atoms with E-state index in [1.54, 1.807) is 0 Å². The van der Waals surface area contributed by atoms with E-state index < -0.39 is 0 Å². The van der Waals surface area contributed by atoms with Crippen LogP contribution in [-0.4, -0.2) is 31.1 Å². The molecule has 0 amide bonds. The molecule has 0 unspecified atom stereocenters. The summed E-state index contributed by atoms with van der Waals surface area (Å²) in [5.74, 6) is 0. The summed E-state index contributed by atoms with van der Waals surface area (Å²) >= 11 is 5.97. The molecule has 0 bridgehead atoms. The first-order valence-corrected chi connectivity index (χ1v) is 7.00. The van der Waals surface area contributed by atoms with Crippen LogP contribution < -0.4 is 5.32 Å². The van der Waals surface area contributed by atoms with Gasteiger partial charge in [-0.25, -0.2) is 0 Å². The van der Waals surface area contributed by atoms with Crippen molar-refractivity contribution in [2.75, 3.05) is 26.2 Å². The molecule has 114 valence electrons. The van der Waals surface area contributed by atoms with Gasteiger partial charge in [-0.3, -0.25) is 4.90 Å². The number of rotatable bonds is 5. The minimum absolute atomic E-state index is 0. The lowest BCUT2D eigenvalue weighted by Gasteiger charge is -2.35. The predicted octanol–water partition coefficient (Wildman–Crippen LogP) is 4.10. The van der Waals surface area contributed by atoms with E-state index in [9.17, 15) is 0 Å². The molecule has 1 heterocycles. The second kappa shape index (κ2) is 10.5. The number of benzene rings is 1. The maximum absolute atomic E-state index is 5.97. The first kappa shape index (κ1) is 19.8. The van der Waals surface area contributed by atoms with E-state index in [1.807, 2.05) is 18.2 Å². The zero-order valence-electron chi connectivity index (χ0n) is 11.6. The molecule has 2 nitrogen and oxygen atoms in total. The largest absolute Gasteiger partial charge is 0.314 e. The summed E-state index contributed by atoms with van der Waals surface area (Å²) in [6, 6.07) is 8.76. The van der Waals surface area contributed by atoms with Crippen molar-refractivity contribution in [2.45, 2.75) is 18.9 Å². The molecule has 5 heteroatoms. The molecule has 1 aliphatic rings. The average molecular weight is 338 g/mol. The molecule has 1 fully saturated rings. The lowest BCUT2D eigenvalue weighted by Crippen LogP contribution is -2.45. The fourth-order valence-electron chi connectivity index (χ4n) is 2.51. The summed E-state index contributed by atoms with van der Waals surface area (Å²) in [5.41, 5.74) is 1.36. The molecule has 1 atom stereocenters. The summed E-state index contributed by atoms with van der Waals surface area (Å²) < 4.78 is 0. The predicted molar refractivity (Wildman–Crippen MR) is 92.6 cm³/mol. The van der Waals surface area contributed by atoms with Crippen molar-refractivity contribution in [2.24, 2.45) is 0 Å². The molecule has 1 aromatic carbocycles. The Bertz CT molecular complexity index is 375. The Balaban J connectivity index is 0.00000180. The lowest BCUT2D eigenvalue weighted by molar-refractivity contribution is 0.166. The molecule has 0 spiro atoms. The maximum Gasteiger partial charge on any atom is 0.0406 e. The molecule has 2 rings (SSSR count). The summed E-state index contributed by atoms with van der Waals surface area (Å²) in [5, 5.41) is 4.21. The van der Waals surface area contributed by atoms with Gasteiger partial charge in [0.1, 0.15) is 0 Å². The van der Waals surface area contributed by atoms with Crippen molar-refractivity contribution in [1.29, 1.82) is 0 Å². The van der Waals surface area contributed by atoms with Crippen LogP contribution in [0.5, 0.6) is 0 Å². The highest BCUT2D eigenvalue weighted by Gasteiger charge is 2.21. The Labute approximate surface area is 139 Å². The van der Waals surface area contributed by atoms with E-state index in [-0.39, 0.29) is 24.8 Å². The van der Waals surface area contributed by atoms with Crippen molar-refractivity contribution < 1.29 is 0 Å². The molecule has 0 aromatic heterocycles. The first-order chi connectivity index (χ1) is 8.81. The van der Waals surface area contributed by atoms with Crippen molar-refractivity contribution in [3.8, 4) is 0 Å². The fraction of sp³-hybridized carbons (Fsp3) is 0.467. The second-order valence-electron chi connectivity index (χ2n) is 4.72. The van der Waals surface area contributed by atoms with Gasteiger partial charge in [-0.2, -0.15) is 0 Å². The summed E-state index contributed by atoms with van der Waals surface area (Å²) in [6.07, 6.45) is 4.19. The van der Waals surface area contributed by atoms with Crippen molar-refractivity contribution in [3.63, 3.8) is 0 Å². The van der Waals surface area contributed by atoms with E-state index in [2.05, 4.69) is 28.9 Å². The highest BCUT2D eigenvalue weighted by atomic mass is 35.5. The number of nitrogens with zero attached hydrogens (tertiary/aromatic N) is 1. The third kappa shape index (κ3) is 5.63. The number of piperazine rings is 1. The zero-order chi connectivity index (χ0) is 12.8. The Morgan fingerprint density at radius 3 is 2.35 bits per heavy atom. The number of halogens is 3. The topological polar surface area (TPSA) is 15.3 Å². The molecule has 1 N–H and O–H groups in total. The van der Waals surface area contributed by atoms with E-state index in [0.29, 0.717) is 6.04 Å². The Hall–Kier alpha value is -0.250. The Morgan fingerprint density at radius 1 is 1.20 bits per heavy atom. The monoisotopic (exact) mass is 336 g/mol. The van der Waals surface area contributed by atoms with Crippen LogP contribution in [0, 0.1) is 0 Å². The summed E-state index contributed by atoms with van der Waals surface area (Å²) in [7, 11) is 0. The molecular formula is C15H23Cl3N2. The van der Waals surface area contributed by atoms with Crippen molar-refractivity contribution >= 4 is 36.4 Å².